The van der Waals surface area contributed by atoms with E-state index >= 15 is 0 Å². The molecule has 6 nitrogen and oxygen atoms in total. The van der Waals surface area contributed by atoms with Crippen molar-refractivity contribution in [2.45, 2.75) is 32.9 Å². The van der Waals surface area contributed by atoms with Crippen LogP contribution in [0.3, 0.4) is 0 Å². The van der Waals surface area contributed by atoms with Gasteiger partial charge in [-0.25, -0.2) is 4.79 Å². The molecule has 0 aliphatic heterocycles. The summed E-state index contributed by atoms with van der Waals surface area (Å²) in [5.74, 6) is -1.26. The Kier molecular flexibility index (Phi) is 4.04. The normalized spacial score (nSPS) is 12.1. The molecule has 0 aliphatic rings. The Hall–Kier alpha value is -1.85. The van der Waals surface area contributed by atoms with Crippen LogP contribution >= 0.6 is 0 Å². The topological polar surface area (TPSA) is 87.2 Å². The number of nitrogens with two attached hydrogens (primary N) is 1. The first-order chi connectivity index (χ1) is 7.54. The van der Waals surface area contributed by atoms with Gasteiger partial charge in [-0.1, -0.05) is 6.92 Å². The van der Waals surface area contributed by atoms with Crippen molar-refractivity contribution >= 4 is 11.9 Å². The van der Waals surface area contributed by atoms with E-state index < -0.39 is 18.0 Å². The number of aryl methyl sites for hydroxylation is 1. The van der Waals surface area contributed by atoms with Crippen LogP contribution in [0.2, 0.25) is 0 Å². The first kappa shape index (κ1) is 12.2. The van der Waals surface area contributed by atoms with Gasteiger partial charge in [-0.05, 0) is 13.3 Å². The van der Waals surface area contributed by atoms with Crippen LogP contribution in [0.5, 0.6) is 0 Å². The summed E-state index contributed by atoms with van der Waals surface area (Å²) >= 11 is 0. The van der Waals surface area contributed by atoms with E-state index in [0.717, 1.165) is 13.0 Å². The average molecular weight is 225 g/mol. The predicted molar refractivity (Wildman–Crippen MR) is 56.6 cm³/mol. The number of ether oxygens (including phenoxy) is 1. The zero-order valence-electron chi connectivity index (χ0n) is 9.34. The molecule has 2 N–H and O–H groups in total. The number of rotatable bonds is 5. The maximum atomic E-state index is 11.5. The molecule has 1 aromatic rings. The minimum Gasteiger partial charge on any atom is -0.449 e. The number of primary amides is 1. The number of aromatic nitrogens is 2. The molecule has 1 unspecified atom stereocenters. The van der Waals surface area contributed by atoms with E-state index in [1.807, 2.05) is 6.92 Å². The van der Waals surface area contributed by atoms with Gasteiger partial charge in [0.25, 0.3) is 5.91 Å². The molecule has 1 rings (SSSR count). The second kappa shape index (κ2) is 5.29. The van der Waals surface area contributed by atoms with Gasteiger partial charge in [-0.3, -0.25) is 9.48 Å². The van der Waals surface area contributed by atoms with Crippen LogP contribution in [0.25, 0.3) is 0 Å². The lowest BCUT2D eigenvalue weighted by atomic mass is 10.3. The van der Waals surface area contributed by atoms with Gasteiger partial charge in [0.2, 0.25) is 0 Å². The molecule has 88 valence electrons. The maximum absolute atomic E-state index is 11.5. The molecule has 0 aliphatic carbocycles. The second-order valence-electron chi connectivity index (χ2n) is 3.44. The Balaban J connectivity index is 2.62. The SMILES string of the molecule is CCCn1cc(C(=O)OC(C)C(N)=O)cn1. The molecular formula is C10H15N3O3. The molecule has 1 amide bonds. The predicted octanol–water partition coefficient (Wildman–Crippen LogP) is 0.324. The Bertz CT molecular complexity index is 386. The third-order valence-corrected chi connectivity index (χ3v) is 2.01. The van der Waals surface area contributed by atoms with Crippen LogP contribution in [0.15, 0.2) is 12.4 Å². The van der Waals surface area contributed by atoms with Gasteiger partial charge < -0.3 is 10.5 Å². The highest BCUT2D eigenvalue weighted by Crippen LogP contribution is 2.03. The van der Waals surface area contributed by atoms with Gasteiger partial charge in [-0.2, -0.15) is 5.10 Å². The first-order valence-electron chi connectivity index (χ1n) is 5.07. The molecule has 1 heterocycles. The van der Waals surface area contributed by atoms with Crippen LogP contribution in [-0.2, 0) is 16.1 Å². The Morgan fingerprint density at radius 3 is 2.88 bits per heavy atom. The van der Waals surface area contributed by atoms with Crippen LogP contribution < -0.4 is 5.73 Å². The van der Waals surface area contributed by atoms with E-state index in [1.54, 1.807) is 10.9 Å². The molecule has 0 aromatic carbocycles. The minimum atomic E-state index is -0.929. The second-order valence-corrected chi connectivity index (χ2v) is 3.44. The van der Waals surface area contributed by atoms with E-state index in [0.29, 0.717) is 5.56 Å². The number of carbonyl (C=O) groups excluding carboxylic acids is 2. The Labute approximate surface area is 93.4 Å². The van der Waals surface area contributed by atoms with E-state index in [9.17, 15) is 9.59 Å². The van der Waals surface area contributed by atoms with E-state index in [4.69, 9.17) is 10.5 Å². The number of hydrogen-bond acceptors (Lipinski definition) is 4. The van der Waals surface area contributed by atoms with Crippen molar-refractivity contribution in [2.24, 2.45) is 5.73 Å². The number of amides is 1. The lowest BCUT2D eigenvalue weighted by molar-refractivity contribution is -0.125. The van der Waals surface area contributed by atoms with Crippen molar-refractivity contribution in [2.75, 3.05) is 0 Å². The highest BCUT2D eigenvalue weighted by molar-refractivity contribution is 5.91. The number of carbonyl (C=O) groups is 2. The fraction of sp³-hybridized carbons (Fsp3) is 0.500. The van der Waals surface area contributed by atoms with Gasteiger partial charge in [0.1, 0.15) is 0 Å². The van der Waals surface area contributed by atoms with Crippen LogP contribution in [0.4, 0.5) is 0 Å². The maximum Gasteiger partial charge on any atom is 0.342 e. The smallest absolute Gasteiger partial charge is 0.342 e. The molecule has 16 heavy (non-hydrogen) atoms. The molecule has 0 bridgehead atoms. The molecule has 0 radical (unpaired) electrons. The summed E-state index contributed by atoms with van der Waals surface area (Å²) in [7, 11) is 0. The standard InChI is InChI=1S/C10H15N3O3/c1-3-4-13-6-8(5-12-13)10(15)16-7(2)9(11)14/h5-7H,3-4H2,1-2H3,(H2,11,14). The Morgan fingerprint density at radius 1 is 1.62 bits per heavy atom. The molecular weight excluding hydrogens is 210 g/mol. The van der Waals surface area contributed by atoms with Crippen molar-refractivity contribution in [3.05, 3.63) is 18.0 Å². The van der Waals surface area contributed by atoms with Crippen molar-refractivity contribution in [1.29, 1.82) is 0 Å². The molecule has 1 aromatic heterocycles. The number of nitrogens with zero attached hydrogens (tertiary/aromatic N) is 2. The molecule has 0 saturated carbocycles. The summed E-state index contributed by atoms with van der Waals surface area (Å²) in [6.07, 6.45) is 2.99. The third-order valence-electron chi connectivity index (χ3n) is 2.01. The zero-order valence-corrected chi connectivity index (χ0v) is 9.34. The average Bonchev–Trinajstić information content (AvgIpc) is 2.66. The fourth-order valence-corrected chi connectivity index (χ4v) is 1.11. The zero-order chi connectivity index (χ0) is 12.1. The van der Waals surface area contributed by atoms with Gasteiger partial charge in [0.05, 0.1) is 11.8 Å². The molecule has 6 heteroatoms. The highest BCUT2D eigenvalue weighted by Gasteiger charge is 2.17. The van der Waals surface area contributed by atoms with E-state index in [1.165, 1.54) is 13.1 Å². The summed E-state index contributed by atoms with van der Waals surface area (Å²) in [4.78, 5) is 22.2. The van der Waals surface area contributed by atoms with Gasteiger partial charge >= 0.3 is 5.97 Å². The minimum absolute atomic E-state index is 0.321. The summed E-state index contributed by atoms with van der Waals surface area (Å²) < 4.78 is 6.47. The van der Waals surface area contributed by atoms with Crippen molar-refractivity contribution < 1.29 is 14.3 Å². The largest absolute Gasteiger partial charge is 0.449 e. The monoisotopic (exact) mass is 225 g/mol. The summed E-state index contributed by atoms with van der Waals surface area (Å²) in [5, 5.41) is 3.98. The van der Waals surface area contributed by atoms with Gasteiger partial charge in [0.15, 0.2) is 6.10 Å². The summed E-state index contributed by atoms with van der Waals surface area (Å²) in [6, 6.07) is 0. The summed E-state index contributed by atoms with van der Waals surface area (Å²) in [6.45, 7) is 4.17. The van der Waals surface area contributed by atoms with Crippen LogP contribution in [0.1, 0.15) is 30.6 Å². The molecule has 1 atom stereocenters. The lowest BCUT2D eigenvalue weighted by Gasteiger charge is -2.07. The quantitative estimate of drug-likeness (QED) is 0.731. The molecule has 0 spiro atoms. The highest BCUT2D eigenvalue weighted by atomic mass is 16.5. The van der Waals surface area contributed by atoms with E-state index in [-0.39, 0.29) is 0 Å². The van der Waals surface area contributed by atoms with Crippen LogP contribution in [0, 0.1) is 0 Å². The Morgan fingerprint density at radius 2 is 2.31 bits per heavy atom. The number of hydrogen-bond donors (Lipinski definition) is 1. The van der Waals surface area contributed by atoms with Crippen molar-refractivity contribution in [1.82, 2.24) is 9.78 Å². The van der Waals surface area contributed by atoms with E-state index in [2.05, 4.69) is 5.10 Å². The lowest BCUT2D eigenvalue weighted by Crippen LogP contribution is -2.30. The third kappa shape index (κ3) is 3.08. The molecule has 0 saturated heterocycles. The fourth-order valence-electron chi connectivity index (χ4n) is 1.11. The number of esters is 1. The first-order valence-corrected chi connectivity index (χ1v) is 5.07. The van der Waals surface area contributed by atoms with Gasteiger partial charge in [0, 0.05) is 12.7 Å². The van der Waals surface area contributed by atoms with Crippen LogP contribution in [-0.4, -0.2) is 27.8 Å². The van der Waals surface area contributed by atoms with Gasteiger partial charge in [-0.15, -0.1) is 0 Å². The van der Waals surface area contributed by atoms with Crippen molar-refractivity contribution in [3.8, 4) is 0 Å². The summed E-state index contributed by atoms with van der Waals surface area (Å²) in [5.41, 5.74) is 5.30. The van der Waals surface area contributed by atoms with Crippen molar-refractivity contribution in [3.63, 3.8) is 0 Å². The molecule has 0 fully saturated rings.